The summed E-state index contributed by atoms with van der Waals surface area (Å²) in [6.07, 6.45) is 9.73. The van der Waals surface area contributed by atoms with Crippen LogP contribution < -0.4 is 5.32 Å². The molecule has 28 heavy (non-hydrogen) atoms. The molecule has 6 nitrogen and oxygen atoms in total. The number of allylic oxidation sites excluding steroid dienone is 1. The summed E-state index contributed by atoms with van der Waals surface area (Å²) in [5.41, 5.74) is 3.21. The van der Waals surface area contributed by atoms with Crippen molar-refractivity contribution in [2.75, 3.05) is 25.0 Å². The molecular formula is C22H32N4O2. The van der Waals surface area contributed by atoms with E-state index in [2.05, 4.69) is 35.2 Å². The standard InChI is InChI=1S/C22H32N4O2/c1-4-6-7-14-28-22(27)25-20-9-8-19-21(24-20)18(15-23-19)17-10-12-26(13-11-17)16(3)5-2/h4,6,8-9,15-17,23H,5,7,10-14H2,1-3H3,(H,24,25,27). The van der Waals surface area contributed by atoms with Crippen molar-refractivity contribution >= 4 is 22.9 Å². The summed E-state index contributed by atoms with van der Waals surface area (Å²) < 4.78 is 5.18. The van der Waals surface area contributed by atoms with E-state index in [1.807, 2.05) is 25.1 Å². The molecule has 0 radical (unpaired) electrons. The number of carbonyl (C=O) groups is 1. The lowest BCUT2D eigenvalue weighted by Gasteiger charge is -2.35. The Morgan fingerprint density at radius 3 is 2.93 bits per heavy atom. The van der Waals surface area contributed by atoms with Crippen LogP contribution >= 0.6 is 0 Å². The molecule has 0 aliphatic carbocycles. The SMILES string of the molecule is CC=CCCOC(=O)Nc1ccc2[nH]cc(C3CCN(C(C)CC)CC3)c2n1. The number of nitrogens with one attached hydrogen (secondary N) is 2. The Kier molecular flexibility index (Phi) is 7.09. The summed E-state index contributed by atoms with van der Waals surface area (Å²) >= 11 is 0. The topological polar surface area (TPSA) is 70.2 Å². The van der Waals surface area contributed by atoms with Crippen molar-refractivity contribution in [2.24, 2.45) is 0 Å². The number of rotatable bonds is 7. The number of aromatic nitrogens is 2. The van der Waals surface area contributed by atoms with E-state index in [1.54, 1.807) is 6.07 Å². The smallest absolute Gasteiger partial charge is 0.412 e. The van der Waals surface area contributed by atoms with Crippen molar-refractivity contribution in [2.45, 2.75) is 58.4 Å². The molecule has 1 unspecified atom stereocenters. The molecule has 1 saturated heterocycles. The van der Waals surface area contributed by atoms with E-state index in [-0.39, 0.29) is 0 Å². The van der Waals surface area contributed by atoms with Crippen molar-refractivity contribution in [3.63, 3.8) is 0 Å². The van der Waals surface area contributed by atoms with Crippen LogP contribution in [0.2, 0.25) is 0 Å². The summed E-state index contributed by atoms with van der Waals surface area (Å²) in [4.78, 5) is 22.6. The number of pyridine rings is 1. The molecule has 3 rings (SSSR count). The largest absolute Gasteiger partial charge is 0.449 e. The highest BCUT2D eigenvalue weighted by Gasteiger charge is 2.25. The van der Waals surface area contributed by atoms with Crippen molar-refractivity contribution in [3.8, 4) is 0 Å². The van der Waals surface area contributed by atoms with Crippen molar-refractivity contribution < 1.29 is 9.53 Å². The second-order valence-electron chi connectivity index (χ2n) is 7.52. The molecule has 0 bridgehead atoms. The van der Waals surface area contributed by atoms with Gasteiger partial charge >= 0.3 is 6.09 Å². The second-order valence-corrected chi connectivity index (χ2v) is 7.52. The first kappa shape index (κ1) is 20.4. The van der Waals surface area contributed by atoms with Crippen molar-refractivity contribution in [1.82, 2.24) is 14.9 Å². The molecule has 1 amide bonds. The normalized spacial score (nSPS) is 17.2. The minimum Gasteiger partial charge on any atom is -0.449 e. The molecule has 0 spiro atoms. The average molecular weight is 385 g/mol. The van der Waals surface area contributed by atoms with E-state index in [4.69, 9.17) is 9.72 Å². The molecule has 1 aliphatic rings. The molecule has 2 aromatic heterocycles. The molecule has 3 heterocycles. The van der Waals surface area contributed by atoms with Crippen LogP contribution in [-0.2, 0) is 4.74 Å². The number of nitrogens with zero attached hydrogens (tertiary/aromatic N) is 2. The van der Waals surface area contributed by atoms with Gasteiger partial charge in [-0.3, -0.25) is 5.32 Å². The van der Waals surface area contributed by atoms with Gasteiger partial charge in [0.1, 0.15) is 5.82 Å². The monoisotopic (exact) mass is 384 g/mol. The highest BCUT2D eigenvalue weighted by molar-refractivity contribution is 5.87. The highest BCUT2D eigenvalue weighted by atomic mass is 16.5. The molecule has 0 aromatic carbocycles. The van der Waals surface area contributed by atoms with Gasteiger partial charge in [0.2, 0.25) is 0 Å². The fraction of sp³-hybridized carbons (Fsp3) is 0.545. The van der Waals surface area contributed by atoms with Crippen LogP contribution in [0.1, 0.15) is 57.9 Å². The number of hydrogen-bond acceptors (Lipinski definition) is 4. The van der Waals surface area contributed by atoms with Crippen LogP contribution in [0.15, 0.2) is 30.5 Å². The number of H-pyrrole nitrogens is 1. The maximum atomic E-state index is 12.0. The molecule has 152 valence electrons. The molecule has 1 atom stereocenters. The second kappa shape index (κ2) is 9.73. The van der Waals surface area contributed by atoms with E-state index >= 15 is 0 Å². The van der Waals surface area contributed by atoms with Gasteiger partial charge in [-0.05, 0) is 76.2 Å². The van der Waals surface area contributed by atoms with Gasteiger partial charge in [-0.1, -0.05) is 19.1 Å². The predicted octanol–water partition coefficient (Wildman–Crippen LogP) is 5.06. The molecule has 2 aromatic rings. The molecular weight excluding hydrogens is 352 g/mol. The third-order valence-electron chi connectivity index (χ3n) is 5.72. The van der Waals surface area contributed by atoms with Crippen LogP contribution in [0.3, 0.4) is 0 Å². The molecule has 6 heteroatoms. The number of hydrogen-bond donors (Lipinski definition) is 2. The summed E-state index contributed by atoms with van der Waals surface area (Å²) in [7, 11) is 0. The fourth-order valence-electron chi connectivity index (χ4n) is 3.84. The quantitative estimate of drug-likeness (QED) is 0.517. The van der Waals surface area contributed by atoms with Crippen LogP contribution in [0.4, 0.5) is 10.6 Å². The maximum absolute atomic E-state index is 12.0. The third kappa shape index (κ3) is 4.93. The van der Waals surface area contributed by atoms with Crippen molar-refractivity contribution in [3.05, 3.63) is 36.0 Å². The van der Waals surface area contributed by atoms with Crippen LogP contribution in [0, 0.1) is 0 Å². The number of fused-ring (bicyclic) bond motifs is 1. The number of carbonyl (C=O) groups excluding carboxylic acids is 1. The Morgan fingerprint density at radius 1 is 1.43 bits per heavy atom. The lowest BCUT2D eigenvalue weighted by atomic mass is 9.89. The average Bonchev–Trinajstić information content (AvgIpc) is 3.14. The molecule has 2 N–H and O–H groups in total. The van der Waals surface area contributed by atoms with E-state index in [1.165, 1.54) is 12.0 Å². The van der Waals surface area contributed by atoms with E-state index in [9.17, 15) is 4.79 Å². The van der Waals surface area contributed by atoms with Crippen LogP contribution in [-0.4, -0.2) is 46.7 Å². The summed E-state index contributed by atoms with van der Waals surface area (Å²) in [5, 5.41) is 2.74. The maximum Gasteiger partial charge on any atom is 0.412 e. The fourth-order valence-corrected chi connectivity index (χ4v) is 3.84. The van der Waals surface area contributed by atoms with Gasteiger partial charge in [-0.25, -0.2) is 9.78 Å². The Balaban J connectivity index is 1.65. The van der Waals surface area contributed by atoms with Gasteiger partial charge in [-0.15, -0.1) is 0 Å². The number of anilines is 1. The van der Waals surface area contributed by atoms with Gasteiger partial charge in [0.25, 0.3) is 0 Å². The van der Waals surface area contributed by atoms with E-state index in [0.29, 0.717) is 30.8 Å². The zero-order chi connectivity index (χ0) is 19.9. The zero-order valence-corrected chi connectivity index (χ0v) is 17.2. The number of ether oxygens (including phenoxy) is 1. The Morgan fingerprint density at radius 2 is 2.21 bits per heavy atom. The molecule has 1 aliphatic heterocycles. The molecule has 1 fully saturated rings. The number of piperidine rings is 1. The Bertz CT molecular complexity index is 806. The van der Waals surface area contributed by atoms with E-state index in [0.717, 1.165) is 37.0 Å². The summed E-state index contributed by atoms with van der Waals surface area (Å²) in [5.74, 6) is 1.03. The van der Waals surface area contributed by atoms with Crippen molar-refractivity contribution in [1.29, 1.82) is 0 Å². The lowest BCUT2D eigenvalue weighted by molar-refractivity contribution is 0.158. The summed E-state index contributed by atoms with van der Waals surface area (Å²) in [6, 6.07) is 4.42. The lowest BCUT2D eigenvalue weighted by Crippen LogP contribution is -2.39. The first-order chi connectivity index (χ1) is 13.6. The molecule has 0 saturated carbocycles. The Labute approximate surface area is 167 Å². The van der Waals surface area contributed by atoms with Gasteiger partial charge < -0.3 is 14.6 Å². The minimum atomic E-state index is -0.463. The zero-order valence-electron chi connectivity index (χ0n) is 17.2. The number of aromatic amines is 1. The number of amides is 1. The third-order valence-corrected chi connectivity index (χ3v) is 5.72. The van der Waals surface area contributed by atoms with Crippen LogP contribution in [0.5, 0.6) is 0 Å². The minimum absolute atomic E-state index is 0.364. The van der Waals surface area contributed by atoms with Gasteiger partial charge in [-0.2, -0.15) is 0 Å². The van der Waals surface area contributed by atoms with E-state index < -0.39 is 6.09 Å². The predicted molar refractivity (Wildman–Crippen MR) is 114 cm³/mol. The summed E-state index contributed by atoms with van der Waals surface area (Å²) in [6.45, 7) is 9.12. The Hall–Kier alpha value is -2.34. The van der Waals surface area contributed by atoms with Gasteiger partial charge in [0, 0.05) is 12.2 Å². The highest BCUT2D eigenvalue weighted by Crippen LogP contribution is 2.33. The van der Waals surface area contributed by atoms with Gasteiger partial charge in [0.15, 0.2) is 0 Å². The first-order valence-electron chi connectivity index (χ1n) is 10.4. The first-order valence-corrected chi connectivity index (χ1v) is 10.4. The number of likely N-dealkylation sites (tertiary alicyclic amines) is 1. The van der Waals surface area contributed by atoms with Gasteiger partial charge in [0.05, 0.1) is 17.6 Å². The van der Waals surface area contributed by atoms with Crippen LogP contribution in [0.25, 0.3) is 11.0 Å².